The van der Waals surface area contributed by atoms with Crippen molar-refractivity contribution in [3.63, 3.8) is 0 Å². The van der Waals surface area contributed by atoms with E-state index in [4.69, 9.17) is 0 Å². The maximum atomic E-state index is 12.2. The molecule has 1 aromatic carbocycles. The topological polar surface area (TPSA) is 46.9 Å². The van der Waals surface area contributed by atoms with Crippen molar-refractivity contribution >= 4 is 16.9 Å². The number of nitrogens with one attached hydrogen (secondary N) is 1. The lowest BCUT2D eigenvalue weighted by Gasteiger charge is -2.19. The molecule has 130 valence electrons. The molecule has 0 aliphatic heterocycles. The molecule has 2 aromatic heterocycles. The number of carbonyl (C=O) groups excluding carboxylic acids is 1. The van der Waals surface area contributed by atoms with Crippen LogP contribution in [0, 0.1) is 0 Å². The Morgan fingerprint density at radius 1 is 1.12 bits per heavy atom. The highest BCUT2D eigenvalue weighted by Gasteiger charge is 2.14. The monoisotopic (exact) mass is 335 g/mol. The molecule has 0 saturated heterocycles. The number of fused-ring (bicyclic) bond motifs is 1. The van der Waals surface area contributed by atoms with Gasteiger partial charge in [-0.3, -0.25) is 4.79 Å². The van der Waals surface area contributed by atoms with Crippen LogP contribution >= 0.6 is 0 Å². The zero-order valence-corrected chi connectivity index (χ0v) is 15.1. The fourth-order valence-electron chi connectivity index (χ4n) is 2.88. The summed E-state index contributed by atoms with van der Waals surface area (Å²) in [4.78, 5) is 16.7. The maximum absolute atomic E-state index is 12.2. The Labute approximate surface area is 148 Å². The Morgan fingerprint density at radius 3 is 2.60 bits per heavy atom. The Morgan fingerprint density at radius 2 is 1.88 bits per heavy atom. The van der Waals surface area contributed by atoms with Gasteiger partial charge in [0.05, 0.1) is 0 Å². The molecule has 0 aliphatic carbocycles. The van der Waals surface area contributed by atoms with E-state index in [9.17, 15) is 4.79 Å². The van der Waals surface area contributed by atoms with Gasteiger partial charge in [0, 0.05) is 36.4 Å². The summed E-state index contributed by atoms with van der Waals surface area (Å²) in [6.45, 7) is 7.99. The first-order chi connectivity index (χ1) is 11.9. The van der Waals surface area contributed by atoms with Crippen molar-refractivity contribution in [2.45, 2.75) is 39.2 Å². The molecule has 0 aliphatic rings. The second-order valence-corrected chi connectivity index (χ2v) is 7.36. The van der Waals surface area contributed by atoms with Crippen LogP contribution in [0.15, 0.2) is 54.9 Å². The van der Waals surface area contributed by atoms with E-state index < -0.39 is 0 Å². The van der Waals surface area contributed by atoms with Crippen molar-refractivity contribution in [2.24, 2.45) is 0 Å². The van der Waals surface area contributed by atoms with Gasteiger partial charge in [0.15, 0.2) is 0 Å². The van der Waals surface area contributed by atoms with Crippen LogP contribution in [0.1, 0.15) is 43.1 Å². The molecule has 2 heterocycles. The van der Waals surface area contributed by atoms with Gasteiger partial charge < -0.3 is 9.88 Å². The summed E-state index contributed by atoms with van der Waals surface area (Å²) in [6, 6.07) is 13.9. The van der Waals surface area contributed by atoms with E-state index in [1.807, 2.05) is 42.7 Å². The Hall–Kier alpha value is -2.62. The van der Waals surface area contributed by atoms with Crippen LogP contribution in [-0.4, -0.2) is 22.0 Å². The summed E-state index contributed by atoms with van der Waals surface area (Å²) in [7, 11) is 0. The van der Waals surface area contributed by atoms with Crippen LogP contribution in [0.3, 0.4) is 0 Å². The average Bonchev–Trinajstić information content (AvgIpc) is 3.01. The number of benzene rings is 1. The minimum absolute atomic E-state index is 0.0176. The number of hydrogen-bond acceptors (Lipinski definition) is 2. The first-order valence-corrected chi connectivity index (χ1v) is 8.74. The van der Waals surface area contributed by atoms with Gasteiger partial charge in [-0.25, -0.2) is 4.98 Å². The van der Waals surface area contributed by atoms with E-state index in [1.54, 1.807) is 0 Å². The molecule has 0 fully saturated rings. The molecule has 1 amide bonds. The number of aromatic nitrogens is 2. The van der Waals surface area contributed by atoms with E-state index in [1.165, 1.54) is 5.56 Å². The van der Waals surface area contributed by atoms with Gasteiger partial charge in [-0.1, -0.05) is 32.9 Å². The quantitative estimate of drug-likeness (QED) is 0.712. The molecule has 4 nitrogen and oxygen atoms in total. The van der Waals surface area contributed by atoms with Crippen LogP contribution in [0.5, 0.6) is 0 Å². The standard InChI is InChI=1S/C21H25N3O/c1-21(2,3)18-9-7-17(8-10-18)20(25)23-13-5-14-24-15-11-16-6-4-12-22-19(16)24/h4,6-12,15H,5,13-14H2,1-3H3,(H,23,25). The minimum atomic E-state index is -0.0176. The molecule has 3 aromatic rings. The Bertz CT molecular complexity index is 857. The molecule has 0 atom stereocenters. The molecular formula is C21H25N3O. The van der Waals surface area contributed by atoms with Gasteiger partial charge in [-0.15, -0.1) is 0 Å². The summed E-state index contributed by atoms with van der Waals surface area (Å²) in [5.74, 6) is -0.0176. The number of amides is 1. The van der Waals surface area contributed by atoms with Gasteiger partial charge in [0.2, 0.25) is 0 Å². The van der Waals surface area contributed by atoms with E-state index in [-0.39, 0.29) is 11.3 Å². The van der Waals surface area contributed by atoms with Crippen molar-refractivity contribution in [3.8, 4) is 0 Å². The first kappa shape index (κ1) is 17.2. The minimum Gasteiger partial charge on any atom is -0.352 e. The predicted molar refractivity (Wildman–Crippen MR) is 102 cm³/mol. The van der Waals surface area contributed by atoms with Crippen LogP contribution in [0.25, 0.3) is 11.0 Å². The first-order valence-electron chi connectivity index (χ1n) is 8.74. The van der Waals surface area contributed by atoms with Crippen molar-refractivity contribution in [2.75, 3.05) is 6.54 Å². The lowest BCUT2D eigenvalue weighted by molar-refractivity contribution is 0.0952. The van der Waals surface area contributed by atoms with Crippen LogP contribution in [0.2, 0.25) is 0 Å². The molecule has 0 spiro atoms. The van der Waals surface area contributed by atoms with Gasteiger partial charge in [0.1, 0.15) is 5.65 Å². The fraction of sp³-hybridized carbons (Fsp3) is 0.333. The Balaban J connectivity index is 1.51. The number of hydrogen-bond donors (Lipinski definition) is 1. The van der Waals surface area contributed by atoms with Gasteiger partial charge >= 0.3 is 0 Å². The molecule has 0 bridgehead atoms. The molecule has 4 heteroatoms. The number of pyridine rings is 1. The number of nitrogens with zero attached hydrogens (tertiary/aromatic N) is 2. The van der Waals surface area contributed by atoms with Crippen LogP contribution in [0.4, 0.5) is 0 Å². The lowest BCUT2D eigenvalue weighted by atomic mass is 9.87. The molecule has 3 rings (SSSR count). The fourth-order valence-corrected chi connectivity index (χ4v) is 2.88. The molecule has 25 heavy (non-hydrogen) atoms. The van der Waals surface area contributed by atoms with Crippen molar-refractivity contribution in [1.29, 1.82) is 0 Å². The normalized spacial score (nSPS) is 11.6. The highest BCUT2D eigenvalue weighted by atomic mass is 16.1. The second kappa shape index (κ2) is 7.09. The number of carbonyl (C=O) groups is 1. The van der Waals surface area contributed by atoms with Crippen molar-refractivity contribution in [1.82, 2.24) is 14.9 Å². The predicted octanol–water partition coefficient (Wildman–Crippen LogP) is 4.15. The van der Waals surface area contributed by atoms with E-state index >= 15 is 0 Å². The van der Waals surface area contributed by atoms with E-state index in [2.05, 4.69) is 47.8 Å². The largest absolute Gasteiger partial charge is 0.352 e. The second-order valence-electron chi connectivity index (χ2n) is 7.36. The SMILES string of the molecule is CC(C)(C)c1ccc(C(=O)NCCCn2ccc3cccnc32)cc1. The zero-order valence-electron chi connectivity index (χ0n) is 15.1. The molecule has 0 saturated carbocycles. The smallest absolute Gasteiger partial charge is 0.251 e. The van der Waals surface area contributed by atoms with Crippen molar-refractivity contribution in [3.05, 3.63) is 66.0 Å². The maximum Gasteiger partial charge on any atom is 0.251 e. The Kier molecular flexibility index (Phi) is 4.88. The number of rotatable bonds is 5. The molecule has 0 radical (unpaired) electrons. The summed E-state index contributed by atoms with van der Waals surface area (Å²) in [6.07, 6.45) is 4.72. The van der Waals surface area contributed by atoms with Gasteiger partial charge in [-0.05, 0) is 47.7 Å². The van der Waals surface area contributed by atoms with Gasteiger partial charge in [-0.2, -0.15) is 0 Å². The summed E-state index contributed by atoms with van der Waals surface area (Å²) in [5.41, 5.74) is 3.03. The molecular weight excluding hydrogens is 310 g/mol. The third kappa shape index (κ3) is 4.08. The third-order valence-corrected chi connectivity index (χ3v) is 4.40. The van der Waals surface area contributed by atoms with E-state index in [0.29, 0.717) is 12.1 Å². The van der Waals surface area contributed by atoms with Crippen molar-refractivity contribution < 1.29 is 4.79 Å². The van der Waals surface area contributed by atoms with E-state index in [0.717, 1.165) is 24.0 Å². The highest BCUT2D eigenvalue weighted by molar-refractivity contribution is 5.94. The van der Waals surface area contributed by atoms with Crippen LogP contribution in [-0.2, 0) is 12.0 Å². The van der Waals surface area contributed by atoms with Gasteiger partial charge in [0.25, 0.3) is 5.91 Å². The molecule has 1 N–H and O–H groups in total. The third-order valence-electron chi connectivity index (χ3n) is 4.40. The summed E-state index contributed by atoms with van der Waals surface area (Å²) < 4.78 is 2.12. The summed E-state index contributed by atoms with van der Waals surface area (Å²) in [5, 5.41) is 4.14. The zero-order chi connectivity index (χ0) is 17.9. The molecule has 0 unspecified atom stereocenters. The lowest BCUT2D eigenvalue weighted by Crippen LogP contribution is -2.25. The summed E-state index contributed by atoms with van der Waals surface area (Å²) >= 11 is 0. The van der Waals surface area contributed by atoms with Crippen LogP contribution < -0.4 is 5.32 Å². The number of aryl methyl sites for hydroxylation is 1. The highest BCUT2D eigenvalue weighted by Crippen LogP contribution is 2.22. The average molecular weight is 335 g/mol.